The SMILES string of the molecule is CC(C)(C)C1[C@@H](NC(=O)c2cc(-c3ccccc3)sc2NC(N)=O)CCCN1C(=O)O. The van der Waals surface area contributed by atoms with Gasteiger partial charge in [-0.1, -0.05) is 51.1 Å². The summed E-state index contributed by atoms with van der Waals surface area (Å²) >= 11 is 1.27. The minimum Gasteiger partial charge on any atom is -0.465 e. The molecule has 0 radical (unpaired) electrons. The Balaban J connectivity index is 1.91. The number of rotatable bonds is 4. The van der Waals surface area contributed by atoms with Crippen molar-refractivity contribution in [3.8, 4) is 10.4 Å². The van der Waals surface area contributed by atoms with E-state index in [1.54, 1.807) is 6.07 Å². The highest BCUT2D eigenvalue weighted by molar-refractivity contribution is 7.20. The van der Waals surface area contributed by atoms with E-state index in [0.29, 0.717) is 30.0 Å². The number of carboxylic acid groups (broad SMARTS) is 1. The van der Waals surface area contributed by atoms with Gasteiger partial charge in [0.2, 0.25) is 0 Å². The topological polar surface area (TPSA) is 125 Å². The Kier molecular flexibility index (Phi) is 6.54. The van der Waals surface area contributed by atoms with Crippen LogP contribution in [0.3, 0.4) is 0 Å². The Labute approximate surface area is 185 Å². The maximum Gasteiger partial charge on any atom is 0.407 e. The second-order valence-electron chi connectivity index (χ2n) is 8.72. The third-order valence-corrected chi connectivity index (χ3v) is 6.45. The zero-order chi connectivity index (χ0) is 22.8. The molecule has 0 spiro atoms. The van der Waals surface area contributed by atoms with Crippen LogP contribution >= 0.6 is 11.3 Å². The molecule has 1 aliphatic rings. The predicted molar refractivity (Wildman–Crippen MR) is 121 cm³/mol. The van der Waals surface area contributed by atoms with Crippen LogP contribution < -0.4 is 16.4 Å². The lowest BCUT2D eigenvalue weighted by molar-refractivity contribution is 0.0359. The first-order valence-corrected chi connectivity index (χ1v) is 11.0. The van der Waals surface area contributed by atoms with Crippen LogP contribution in [0.5, 0.6) is 0 Å². The Morgan fingerprint density at radius 2 is 1.87 bits per heavy atom. The van der Waals surface area contributed by atoms with Gasteiger partial charge in [-0.3, -0.25) is 10.1 Å². The molecule has 2 heterocycles. The van der Waals surface area contributed by atoms with Gasteiger partial charge in [-0.2, -0.15) is 0 Å². The van der Waals surface area contributed by atoms with Gasteiger partial charge in [-0.15, -0.1) is 11.3 Å². The van der Waals surface area contributed by atoms with Gasteiger partial charge in [0, 0.05) is 11.4 Å². The molecule has 31 heavy (non-hydrogen) atoms. The number of nitrogens with one attached hydrogen (secondary N) is 2. The van der Waals surface area contributed by atoms with E-state index in [9.17, 15) is 19.5 Å². The quantitative estimate of drug-likeness (QED) is 0.564. The minimum atomic E-state index is -0.989. The number of nitrogens with zero attached hydrogens (tertiary/aromatic N) is 1. The predicted octanol–water partition coefficient (Wildman–Crippen LogP) is 4.19. The Hall–Kier alpha value is -3.07. The normalized spacial score (nSPS) is 19.0. The summed E-state index contributed by atoms with van der Waals surface area (Å²) in [4.78, 5) is 38.8. The number of benzene rings is 1. The van der Waals surface area contributed by atoms with Gasteiger partial charge in [0.15, 0.2) is 0 Å². The van der Waals surface area contributed by atoms with Crippen LogP contribution in [0.4, 0.5) is 14.6 Å². The van der Waals surface area contributed by atoms with Crippen molar-refractivity contribution in [3.05, 3.63) is 42.0 Å². The van der Waals surface area contributed by atoms with E-state index in [1.807, 2.05) is 51.1 Å². The highest BCUT2D eigenvalue weighted by atomic mass is 32.1. The zero-order valence-corrected chi connectivity index (χ0v) is 18.7. The van der Waals surface area contributed by atoms with Crippen LogP contribution in [-0.2, 0) is 0 Å². The fourth-order valence-corrected chi connectivity index (χ4v) is 5.25. The summed E-state index contributed by atoms with van der Waals surface area (Å²) in [5.41, 5.74) is 6.17. The number of likely N-dealkylation sites (tertiary alicyclic amines) is 1. The van der Waals surface area contributed by atoms with E-state index < -0.39 is 12.1 Å². The molecule has 1 aromatic carbocycles. The number of primary amides is 1. The summed E-state index contributed by atoms with van der Waals surface area (Å²) in [5, 5.41) is 15.6. The second kappa shape index (κ2) is 8.97. The van der Waals surface area contributed by atoms with Crippen molar-refractivity contribution in [2.24, 2.45) is 11.1 Å². The van der Waals surface area contributed by atoms with E-state index in [1.165, 1.54) is 16.2 Å². The Morgan fingerprint density at radius 3 is 2.45 bits per heavy atom. The van der Waals surface area contributed by atoms with Crippen molar-refractivity contribution in [1.29, 1.82) is 0 Å². The molecule has 166 valence electrons. The summed E-state index contributed by atoms with van der Waals surface area (Å²) in [7, 11) is 0. The maximum atomic E-state index is 13.2. The molecule has 2 aromatic rings. The molecule has 9 heteroatoms. The van der Waals surface area contributed by atoms with Gasteiger partial charge in [0.05, 0.1) is 17.6 Å². The molecule has 0 aliphatic carbocycles. The fraction of sp³-hybridized carbons (Fsp3) is 0.409. The second-order valence-corrected chi connectivity index (χ2v) is 9.77. The molecule has 1 unspecified atom stereocenters. The summed E-state index contributed by atoms with van der Waals surface area (Å²) in [6.07, 6.45) is 0.345. The minimum absolute atomic E-state index is 0.308. The first kappa shape index (κ1) is 22.6. The van der Waals surface area contributed by atoms with Crippen molar-refractivity contribution < 1.29 is 19.5 Å². The van der Waals surface area contributed by atoms with Crippen LogP contribution in [0, 0.1) is 5.41 Å². The summed E-state index contributed by atoms with van der Waals surface area (Å²) < 4.78 is 0. The Bertz CT molecular complexity index is 968. The summed E-state index contributed by atoms with van der Waals surface area (Å²) in [6, 6.07) is 9.78. The molecule has 3 rings (SSSR count). The number of anilines is 1. The van der Waals surface area contributed by atoms with Crippen molar-refractivity contribution in [2.45, 2.75) is 45.7 Å². The molecular formula is C22H28N4O4S. The zero-order valence-electron chi connectivity index (χ0n) is 17.8. The van der Waals surface area contributed by atoms with E-state index in [0.717, 1.165) is 10.4 Å². The molecule has 0 saturated carbocycles. The number of nitrogens with two attached hydrogens (primary N) is 1. The van der Waals surface area contributed by atoms with Gasteiger partial charge < -0.3 is 21.1 Å². The standard InChI is InChI=1S/C22H28N4O4S/c1-22(2,3)17-15(10-7-11-26(17)21(29)30)24-18(27)14-12-16(13-8-5-4-6-9-13)31-19(14)25-20(23)28/h4-6,8-9,12,15,17H,7,10-11H2,1-3H3,(H,24,27)(H,29,30)(H3,23,25,28)/t15-,17?/m0/s1. The number of amides is 4. The van der Waals surface area contributed by atoms with E-state index in [2.05, 4.69) is 10.6 Å². The maximum absolute atomic E-state index is 13.2. The lowest BCUT2D eigenvalue weighted by Gasteiger charge is -2.46. The van der Waals surface area contributed by atoms with Gasteiger partial charge in [0.25, 0.3) is 5.91 Å². The van der Waals surface area contributed by atoms with Crippen LogP contribution in [0.1, 0.15) is 44.0 Å². The molecule has 1 saturated heterocycles. The van der Waals surface area contributed by atoms with Crippen molar-refractivity contribution in [2.75, 3.05) is 11.9 Å². The molecule has 1 fully saturated rings. The Morgan fingerprint density at radius 1 is 1.19 bits per heavy atom. The largest absolute Gasteiger partial charge is 0.465 e. The molecule has 1 aromatic heterocycles. The van der Waals surface area contributed by atoms with Crippen LogP contribution in [0.2, 0.25) is 0 Å². The first-order chi connectivity index (χ1) is 14.6. The van der Waals surface area contributed by atoms with Crippen LogP contribution in [-0.4, -0.2) is 46.7 Å². The highest BCUT2D eigenvalue weighted by Gasteiger charge is 2.42. The summed E-state index contributed by atoms with van der Waals surface area (Å²) in [5.74, 6) is -0.367. The molecule has 5 N–H and O–H groups in total. The van der Waals surface area contributed by atoms with E-state index >= 15 is 0 Å². The molecule has 4 amide bonds. The first-order valence-electron chi connectivity index (χ1n) is 10.1. The number of hydrogen-bond donors (Lipinski definition) is 4. The smallest absolute Gasteiger partial charge is 0.407 e. The van der Waals surface area contributed by atoms with Crippen molar-refractivity contribution in [3.63, 3.8) is 0 Å². The van der Waals surface area contributed by atoms with Gasteiger partial charge in [-0.25, -0.2) is 9.59 Å². The number of thiophene rings is 1. The lowest BCUT2D eigenvalue weighted by Crippen LogP contribution is -2.61. The fourth-order valence-electron chi connectivity index (χ4n) is 4.19. The summed E-state index contributed by atoms with van der Waals surface area (Å²) in [6.45, 7) is 6.34. The molecule has 0 bridgehead atoms. The number of hydrogen-bond acceptors (Lipinski definition) is 4. The van der Waals surface area contributed by atoms with E-state index in [-0.39, 0.29) is 23.4 Å². The molecule has 8 nitrogen and oxygen atoms in total. The molecule has 2 atom stereocenters. The van der Waals surface area contributed by atoms with Gasteiger partial charge >= 0.3 is 12.1 Å². The average molecular weight is 445 g/mol. The van der Waals surface area contributed by atoms with Gasteiger partial charge in [0.1, 0.15) is 5.00 Å². The van der Waals surface area contributed by atoms with Gasteiger partial charge in [-0.05, 0) is 29.9 Å². The number of urea groups is 1. The van der Waals surface area contributed by atoms with Crippen molar-refractivity contribution >= 4 is 34.4 Å². The average Bonchev–Trinajstić information content (AvgIpc) is 3.10. The van der Waals surface area contributed by atoms with Crippen molar-refractivity contribution in [1.82, 2.24) is 10.2 Å². The third kappa shape index (κ3) is 5.16. The highest BCUT2D eigenvalue weighted by Crippen LogP contribution is 2.37. The van der Waals surface area contributed by atoms with Crippen LogP contribution in [0.25, 0.3) is 10.4 Å². The number of carbonyl (C=O) groups excluding carboxylic acids is 2. The molecule has 1 aliphatic heterocycles. The number of piperidine rings is 1. The monoisotopic (exact) mass is 444 g/mol. The number of carbonyl (C=O) groups is 3. The lowest BCUT2D eigenvalue weighted by atomic mass is 9.77. The van der Waals surface area contributed by atoms with E-state index in [4.69, 9.17) is 5.73 Å². The van der Waals surface area contributed by atoms with Crippen LogP contribution in [0.15, 0.2) is 36.4 Å². The molecular weight excluding hydrogens is 416 g/mol. The third-order valence-electron chi connectivity index (χ3n) is 5.35.